The first kappa shape index (κ1) is 11.9. The van der Waals surface area contributed by atoms with Crippen LogP contribution in [0.2, 0.25) is 5.02 Å². The van der Waals surface area contributed by atoms with Gasteiger partial charge in [0.05, 0.1) is 10.7 Å². The van der Waals surface area contributed by atoms with E-state index in [0.29, 0.717) is 16.4 Å². The minimum Gasteiger partial charge on any atom is -0.399 e. The van der Waals surface area contributed by atoms with Crippen molar-refractivity contribution in [2.24, 2.45) is 5.92 Å². The Kier molecular flexibility index (Phi) is 3.97. The zero-order chi connectivity index (χ0) is 11.4. The van der Waals surface area contributed by atoms with E-state index in [1.54, 1.807) is 18.2 Å². The first-order chi connectivity index (χ1) is 7.04. The van der Waals surface area contributed by atoms with E-state index in [9.17, 15) is 4.79 Å². The van der Waals surface area contributed by atoms with Gasteiger partial charge in [-0.15, -0.1) is 0 Å². The molecule has 4 heteroatoms. The van der Waals surface area contributed by atoms with Crippen molar-refractivity contribution in [1.29, 1.82) is 0 Å². The Labute approximate surface area is 94.6 Å². The van der Waals surface area contributed by atoms with E-state index in [0.717, 1.165) is 6.42 Å². The fourth-order valence-electron chi connectivity index (χ4n) is 1.08. The van der Waals surface area contributed by atoms with Crippen LogP contribution >= 0.6 is 11.6 Å². The Hall–Kier alpha value is -1.22. The average Bonchev–Trinajstić information content (AvgIpc) is 2.22. The van der Waals surface area contributed by atoms with Crippen LogP contribution in [0.5, 0.6) is 0 Å². The van der Waals surface area contributed by atoms with Crippen LogP contribution in [0.3, 0.4) is 0 Å². The van der Waals surface area contributed by atoms with Crippen LogP contribution in [-0.2, 0) is 4.79 Å². The molecule has 0 spiro atoms. The molecule has 0 fully saturated rings. The number of benzene rings is 1. The van der Waals surface area contributed by atoms with Crippen molar-refractivity contribution in [1.82, 2.24) is 0 Å². The molecular formula is C11H15ClN2O. The molecule has 0 heterocycles. The molecule has 1 unspecified atom stereocenters. The van der Waals surface area contributed by atoms with Crippen molar-refractivity contribution >= 4 is 28.9 Å². The van der Waals surface area contributed by atoms with Gasteiger partial charge in [0.25, 0.3) is 0 Å². The number of hydrogen-bond donors (Lipinski definition) is 2. The third-order valence-electron chi connectivity index (χ3n) is 2.31. The number of anilines is 2. The van der Waals surface area contributed by atoms with Crippen LogP contribution < -0.4 is 11.1 Å². The molecule has 0 aliphatic carbocycles. The highest BCUT2D eigenvalue weighted by molar-refractivity contribution is 6.33. The number of rotatable bonds is 3. The van der Waals surface area contributed by atoms with Gasteiger partial charge in [0.1, 0.15) is 0 Å². The monoisotopic (exact) mass is 226 g/mol. The Balaban J connectivity index is 2.80. The van der Waals surface area contributed by atoms with Gasteiger partial charge in [-0.2, -0.15) is 0 Å². The summed E-state index contributed by atoms with van der Waals surface area (Å²) < 4.78 is 0. The molecule has 1 aromatic rings. The van der Waals surface area contributed by atoms with Crippen molar-refractivity contribution in [3.8, 4) is 0 Å². The summed E-state index contributed by atoms with van der Waals surface area (Å²) in [6.07, 6.45) is 0.797. The van der Waals surface area contributed by atoms with Crippen molar-refractivity contribution in [3.63, 3.8) is 0 Å². The van der Waals surface area contributed by atoms with Crippen molar-refractivity contribution in [3.05, 3.63) is 23.2 Å². The second kappa shape index (κ2) is 5.03. The van der Waals surface area contributed by atoms with Crippen LogP contribution in [0, 0.1) is 5.92 Å². The van der Waals surface area contributed by atoms with E-state index in [1.165, 1.54) is 0 Å². The molecule has 15 heavy (non-hydrogen) atoms. The topological polar surface area (TPSA) is 55.1 Å². The standard InChI is InChI=1S/C11H15ClN2O/c1-3-7(2)11(15)14-10-6-8(13)4-5-9(10)12/h4-7H,3,13H2,1-2H3,(H,14,15). The third kappa shape index (κ3) is 3.13. The Morgan fingerprint density at radius 3 is 2.87 bits per heavy atom. The predicted molar refractivity (Wildman–Crippen MR) is 63.9 cm³/mol. The van der Waals surface area contributed by atoms with Gasteiger partial charge in [0.15, 0.2) is 0 Å². The minimum atomic E-state index is -0.0370. The van der Waals surface area contributed by atoms with Gasteiger partial charge in [-0.05, 0) is 24.6 Å². The largest absolute Gasteiger partial charge is 0.399 e. The number of amides is 1. The molecule has 0 aliphatic rings. The first-order valence-electron chi connectivity index (χ1n) is 4.90. The van der Waals surface area contributed by atoms with E-state index in [4.69, 9.17) is 17.3 Å². The fourth-order valence-corrected chi connectivity index (χ4v) is 1.24. The number of halogens is 1. The van der Waals surface area contributed by atoms with Crippen LogP contribution in [0.1, 0.15) is 20.3 Å². The highest BCUT2D eigenvalue weighted by Gasteiger charge is 2.12. The SMILES string of the molecule is CCC(C)C(=O)Nc1cc(N)ccc1Cl. The molecule has 0 saturated heterocycles. The van der Waals surface area contributed by atoms with Crippen LogP contribution in [0.25, 0.3) is 0 Å². The second-order valence-electron chi connectivity index (χ2n) is 3.54. The third-order valence-corrected chi connectivity index (χ3v) is 2.64. The van der Waals surface area contributed by atoms with E-state index < -0.39 is 0 Å². The summed E-state index contributed by atoms with van der Waals surface area (Å²) >= 11 is 5.92. The van der Waals surface area contributed by atoms with Crippen LogP contribution in [-0.4, -0.2) is 5.91 Å². The molecule has 0 radical (unpaired) electrons. The number of hydrogen-bond acceptors (Lipinski definition) is 2. The normalized spacial score (nSPS) is 12.2. The molecule has 82 valence electrons. The lowest BCUT2D eigenvalue weighted by atomic mass is 10.1. The van der Waals surface area contributed by atoms with Crippen molar-refractivity contribution in [2.75, 3.05) is 11.1 Å². The van der Waals surface area contributed by atoms with Gasteiger partial charge in [0.2, 0.25) is 5.91 Å². The zero-order valence-corrected chi connectivity index (χ0v) is 9.64. The van der Waals surface area contributed by atoms with Crippen LogP contribution in [0.15, 0.2) is 18.2 Å². The maximum atomic E-state index is 11.6. The predicted octanol–water partition coefficient (Wildman–Crippen LogP) is 2.91. The number of nitrogens with two attached hydrogens (primary N) is 1. The number of carbonyl (C=O) groups excluding carboxylic acids is 1. The van der Waals surface area contributed by atoms with Gasteiger partial charge < -0.3 is 11.1 Å². The Morgan fingerprint density at radius 1 is 1.60 bits per heavy atom. The molecule has 1 aromatic carbocycles. The number of nitrogens with one attached hydrogen (secondary N) is 1. The summed E-state index contributed by atoms with van der Waals surface area (Å²) in [6.45, 7) is 3.83. The van der Waals surface area contributed by atoms with E-state index in [-0.39, 0.29) is 11.8 Å². The molecule has 1 atom stereocenters. The lowest BCUT2D eigenvalue weighted by Gasteiger charge is -2.11. The van der Waals surface area contributed by atoms with Gasteiger partial charge in [-0.1, -0.05) is 25.4 Å². The molecule has 1 rings (SSSR count). The van der Waals surface area contributed by atoms with E-state index in [1.807, 2.05) is 13.8 Å². The highest BCUT2D eigenvalue weighted by atomic mass is 35.5. The fraction of sp³-hybridized carbons (Fsp3) is 0.364. The van der Waals surface area contributed by atoms with Crippen molar-refractivity contribution < 1.29 is 4.79 Å². The summed E-state index contributed by atoms with van der Waals surface area (Å²) in [5.41, 5.74) is 6.76. The molecule has 3 nitrogen and oxygen atoms in total. The summed E-state index contributed by atoms with van der Waals surface area (Å²) in [5.74, 6) is -0.0625. The highest BCUT2D eigenvalue weighted by Crippen LogP contribution is 2.24. The maximum Gasteiger partial charge on any atom is 0.227 e. The summed E-state index contributed by atoms with van der Waals surface area (Å²) in [6, 6.07) is 5.02. The van der Waals surface area contributed by atoms with Gasteiger partial charge >= 0.3 is 0 Å². The lowest BCUT2D eigenvalue weighted by Crippen LogP contribution is -2.19. The van der Waals surface area contributed by atoms with Gasteiger partial charge in [0, 0.05) is 11.6 Å². The molecule has 0 saturated carbocycles. The lowest BCUT2D eigenvalue weighted by molar-refractivity contribution is -0.119. The Bertz CT molecular complexity index is 366. The first-order valence-corrected chi connectivity index (χ1v) is 5.28. The smallest absolute Gasteiger partial charge is 0.227 e. The van der Waals surface area contributed by atoms with E-state index >= 15 is 0 Å². The number of nitrogen functional groups attached to an aromatic ring is 1. The second-order valence-corrected chi connectivity index (χ2v) is 3.95. The maximum absolute atomic E-state index is 11.6. The van der Waals surface area contributed by atoms with Crippen molar-refractivity contribution in [2.45, 2.75) is 20.3 Å². The minimum absolute atomic E-state index is 0.0255. The zero-order valence-electron chi connectivity index (χ0n) is 8.88. The molecule has 3 N–H and O–H groups in total. The molecule has 1 amide bonds. The van der Waals surface area contributed by atoms with Gasteiger partial charge in [-0.25, -0.2) is 0 Å². The molecule has 0 aromatic heterocycles. The summed E-state index contributed by atoms with van der Waals surface area (Å²) in [4.78, 5) is 11.6. The van der Waals surface area contributed by atoms with Crippen LogP contribution in [0.4, 0.5) is 11.4 Å². The average molecular weight is 227 g/mol. The summed E-state index contributed by atoms with van der Waals surface area (Å²) in [5, 5.41) is 3.25. The number of carbonyl (C=O) groups is 1. The van der Waals surface area contributed by atoms with Gasteiger partial charge in [-0.3, -0.25) is 4.79 Å². The molecule has 0 bridgehead atoms. The molecular weight excluding hydrogens is 212 g/mol. The molecule has 0 aliphatic heterocycles. The van der Waals surface area contributed by atoms with E-state index in [2.05, 4.69) is 5.32 Å². The summed E-state index contributed by atoms with van der Waals surface area (Å²) in [7, 11) is 0. The Morgan fingerprint density at radius 2 is 2.27 bits per heavy atom. The quantitative estimate of drug-likeness (QED) is 0.779.